The Kier molecular flexibility index (Phi) is 4.88. The summed E-state index contributed by atoms with van der Waals surface area (Å²) in [7, 11) is 0. The highest BCUT2D eigenvalue weighted by molar-refractivity contribution is 5.69. The molecule has 0 fully saturated rings. The third-order valence-electron chi connectivity index (χ3n) is 5.07. The van der Waals surface area contributed by atoms with Gasteiger partial charge in [0.2, 0.25) is 0 Å². The second-order valence-electron chi connectivity index (χ2n) is 7.00. The minimum atomic E-state index is 1.09. The molecule has 0 aliphatic heterocycles. The maximum atomic E-state index is 2.45. The normalized spacial score (nSPS) is 16.2. The molecule has 0 saturated heterocycles. The lowest BCUT2D eigenvalue weighted by atomic mass is 10.0. The summed E-state index contributed by atoms with van der Waals surface area (Å²) in [5.41, 5.74) is 7.86. The van der Waals surface area contributed by atoms with Gasteiger partial charge in [0.15, 0.2) is 0 Å². The molecule has 0 spiro atoms. The van der Waals surface area contributed by atoms with Crippen LogP contribution in [0.3, 0.4) is 0 Å². The molecule has 0 saturated carbocycles. The van der Waals surface area contributed by atoms with Crippen molar-refractivity contribution in [2.45, 2.75) is 32.6 Å². The van der Waals surface area contributed by atoms with Crippen molar-refractivity contribution in [2.75, 3.05) is 4.90 Å². The van der Waals surface area contributed by atoms with Gasteiger partial charge in [-0.1, -0.05) is 66.3 Å². The molecular weight excluding hydrogens is 314 g/mol. The Hall–Kier alpha value is -2.80. The fourth-order valence-electron chi connectivity index (χ4n) is 3.62. The zero-order valence-electron chi connectivity index (χ0n) is 15.4. The number of benzene rings is 2. The highest BCUT2D eigenvalue weighted by Gasteiger charge is 2.18. The number of hydrogen-bond donors (Lipinski definition) is 0. The zero-order chi connectivity index (χ0) is 17.8. The molecule has 0 bridgehead atoms. The van der Waals surface area contributed by atoms with Gasteiger partial charge >= 0.3 is 0 Å². The molecule has 1 heteroatoms. The van der Waals surface area contributed by atoms with Crippen LogP contribution in [0, 0.1) is 6.92 Å². The van der Waals surface area contributed by atoms with Gasteiger partial charge in [-0.2, -0.15) is 0 Å². The smallest absolute Gasteiger partial charge is 0.0455 e. The predicted octanol–water partition coefficient (Wildman–Crippen LogP) is 6.94. The predicted molar refractivity (Wildman–Crippen MR) is 112 cm³/mol. The van der Waals surface area contributed by atoms with E-state index in [1.807, 2.05) is 0 Å². The zero-order valence-corrected chi connectivity index (χ0v) is 15.4. The van der Waals surface area contributed by atoms with Crippen LogP contribution in [0.2, 0.25) is 0 Å². The van der Waals surface area contributed by atoms with Crippen LogP contribution in [0.4, 0.5) is 5.69 Å². The highest BCUT2D eigenvalue weighted by atomic mass is 15.2. The van der Waals surface area contributed by atoms with E-state index < -0.39 is 0 Å². The van der Waals surface area contributed by atoms with Gasteiger partial charge in [0.25, 0.3) is 0 Å². The van der Waals surface area contributed by atoms with E-state index in [-0.39, 0.29) is 0 Å². The third-order valence-corrected chi connectivity index (χ3v) is 5.07. The summed E-state index contributed by atoms with van der Waals surface area (Å²) in [6, 6.07) is 17.7. The lowest BCUT2D eigenvalue weighted by molar-refractivity contribution is 0.838. The van der Waals surface area contributed by atoms with Crippen molar-refractivity contribution in [3.05, 3.63) is 102 Å². The highest BCUT2D eigenvalue weighted by Crippen LogP contribution is 2.33. The summed E-state index contributed by atoms with van der Waals surface area (Å²) < 4.78 is 0. The molecule has 0 unspecified atom stereocenters. The fraction of sp³-hybridized carbons (Fsp3) is 0.200. The van der Waals surface area contributed by atoms with E-state index in [0.29, 0.717) is 0 Å². The molecule has 0 N–H and O–H groups in total. The molecule has 0 aromatic heterocycles. The lowest BCUT2D eigenvalue weighted by Crippen LogP contribution is -2.23. The van der Waals surface area contributed by atoms with E-state index in [2.05, 4.69) is 96.8 Å². The van der Waals surface area contributed by atoms with E-state index in [9.17, 15) is 0 Å². The molecule has 0 amide bonds. The standard InChI is InChI=1S/C25H25N/c1-20-12-14-21(15-13-20)22-16-18-25(19-17-22)26(23-8-4-2-5-9-23)24-10-6-3-7-11-24/h2-4,6,8,10,12-19H,5,7,9,11H2,1H3. The van der Waals surface area contributed by atoms with Crippen LogP contribution in [0.1, 0.15) is 31.2 Å². The molecule has 2 aromatic carbocycles. The SMILES string of the molecule is Cc1ccc(-c2ccc(N(C3=CC=CCC3)C3=CC=CCC3)cc2)cc1. The first-order valence-electron chi connectivity index (χ1n) is 9.50. The van der Waals surface area contributed by atoms with Gasteiger partial charge in [0.05, 0.1) is 0 Å². The monoisotopic (exact) mass is 339 g/mol. The number of rotatable bonds is 4. The van der Waals surface area contributed by atoms with Crippen molar-refractivity contribution in [3.63, 3.8) is 0 Å². The summed E-state index contributed by atoms with van der Waals surface area (Å²) >= 11 is 0. The summed E-state index contributed by atoms with van der Waals surface area (Å²) in [6.07, 6.45) is 17.8. The van der Waals surface area contributed by atoms with Gasteiger partial charge in [0.1, 0.15) is 0 Å². The van der Waals surface area contributed by atoms with Crippen molar-refractivity contribution < 1.29 is 0 Å². The van der Waals surface area contributed by atoms with Crippen molar-refractivity contribution in [3.8, 4) is 11.1 Å². The molecule has 2 aliphatic rings. The molecule has 1 nitrogen and oxygen atoms in total. The van der Waals surface area contributed by atoms with Gasteiger partial charge in [0, 0.05) is 17.1 Å². The maximum absolute atomic E-state index is 2.45. The minimum absolute atomic E-state index is 1.09. The Labute approximate surface area is 156 Å². The Balaban J connectivity index is 1.68. The van der Waals surface area contributed by atoms with E-state index in [0.717, 1.165) is 25.7 Å². The fourth-order valence-corrected chi connectivity index (χ4v) is 3.62. The first-order chi connectivity index (χ1) is 12.8. The van der Waals surface area contributed by atoms with Crippen molar-refractivity contribution in [1.29, 1.82) is 0 Å². The largest absolute Gasteiger partial charge is 0.318 e. The topological polar surface area (TPSA) is 3.24 Å². The van der Waals surface area contributed by atoms with Crippen LogP contribution < -0.4 is 4.90 Å². The molecule has 4 rings (SSSR count). The van der Waals surface area contributed by atoms with E-state index in [1.54, 1.807) is 0 Å². The van der Waals surface area contributed by atoms with Crippen molar-refractivity contribution in [1.82, 2.24) is 0 Å². The van der Waals surface area contributed by atoms with Crippen LogP contribution in [0.25, 0.3) is 11.1 Å². The first-order valence-corrected chi connectivity index (χ1v) is 9.50. The minimum Gasteiger partial charge on any atom is -0.318 e. The van der Waals surface area contributed by atoms with Crippen molar-refractivity contribution >= 4 is 5.69 Å². The van der Waals surface area contributed by atoms with Crippen LogP contribution in [-0.4, -0.2) is 0 Å². The van der Waals surface area contributed by atoms with Gasteiger partial charge in [-0.3, -0.25) is 0 Å². The molecule has 2 aromatic rings. The summed E-state index contributed by atoms with van der Waals surface area (Å²) in [4.78, 5) is 2.45. The molecule has 0 heterocycles. The average Bonchev–Trinajstić information content (AvgIpc) is 2.71. The second-order valence-corrected chi connectivity index (χ2v) is 7.00. The number of allylic oxidation sites excluding steroid dienone is 8. The molecule has 0 atom stereocenters. The molecule has 26 heavy (non-hydrogen) atoms. The van der Waals surface area contributed by atoms with E-state index in [4.69, 9.17) is 0 Å². The Morgan fingerprint density at radius 2 is 1.15 bits per heavy atom. The Morgan fingerprint density at radius 3 is 1.62 bits per heavy atom. The second kappa shape index (κ2) is 7.61. The lowest BCUT2D eigenvalue weighted by Gasteiger charge is -2.32. The van der Waals surface area contributed by atoms with Crippen LogP contribution in [-0.2, 0) is 0 Å². The van der Waals surface area contributed by atoms with Gasteiger partial charge in [-0.15, -0.1) is 0 Å². The van der Waals surface area contributed by atoms with E-state index >= 15 is 0 Å². The number of anilines is 1. The first kappa shape index (κ1) is 16.7. The molecular formula is C25H25N. The summed E-state index contributed by atoms with van der Waals surface area (Å²) in [6.45, 7) is 2.13. The van der Waals surface area contributed by atoms with Crippen LogP contribution >= 0.6 is 0 Å². The van der Waals surface area contributed by atoms with Gasteiger partial charge < -0.3 is 4.90 Å². The van der Waals surface area contributed by atoms with Crippen LogP contribution in [0.15, 0.2) is 96.4 Å². The number of hydrogen-bond acceptors (Lipinski definition) is 1. The van der Waals surface area contributed by atoms with Gasteiger partial charge in [-0.05, 0) is 68.0 Å². The Bertz CT molecular complexity index is 845. The molecule has 0 radical (unpaired) electrons. The Morgan fingerprint density at radius 1 is 0.654 bits per heavy atom. The number of aryl methyl sites for hydroxylation is 1. The van der Waals surface area contributed by atoms with E-state index in [1.165, 1.54) is 33.8 Å². The van der Waals surface area contributed by atoms with Crippen LogP contribution in [0.5, 0.6) is 0 Å². The molecule has 130 valence electrons. The maximum Gasteiger partial charge on any atom is 0.0455 e. The quantitative estimate of drug-likeness (QED) is 0.583. The summed E-state index contributed by atoms with van der Waals surface area (Å²) in [5, 5.41) is 0. The third kappa shape index (κ3) is 3.57. The average molecular weight is 339 g/mol. The summed E-state index contributed by atoms with van der Waals surface area (Å²) in [5.74, 6) is 0. The van der Waals surface area contributed by atoms with Crippen molar-refractivity contribution in [2.24, 2.45) is 0 Å². The number of nitrogens with zero attached hydrogens (tertiary/aromatic N) is 1. The van der Waals surface area contributed by atoms with Gasteiger partial charge in [-0.25, -0.2) is 0 Å². The molecule has 2 aliphatic carbocycles.